The standard InChI is InChI=1S/C16H23BrN2O2/c1-3-8-18-15-10-21-9-13(15)16(20)19-11(2)12-6-4-5-7-14(12)17/h4-7,11,13,15,18H,3,8-10H2,1-2H3,(H,19,20)/t11-,13?,15?/m0/s1. The van der Waals surface area contributed by atoms with Crippen molar-refractivity contribution in [3.8, 4) is 0 Å². The molecule has 21 heavy (non-hydrogen) atoms. The van der Waals surface area contributed by atoms with Crippen LogP contribution in [0.1, 0.15) is 31.9 Å². The van der Waals surface area contributed by atoms with Crippen LogP contribution >= 0.6 is 15.9 Å². The number of amides is 1. The Labute approximate surface area is 134 Å². The van der Waals surface area contributed by atoms with E-state index in [2.05, 4.69) is 33.5 Å². The Kier molecular flexibility index (Phi) is 6.21. The van der Waals surface area contributed by atoms with Crippen LogP contribution < -0.4 is 10.6 Å². The summed E-state index contributed by atoms with van der Waals surface area (Å²) in [5.41, 5.74) is 1.09. The van der Waals surface area contributed by atoms with E-state index in [-0.39, 0.29) is 23.9 Å². The van der Waals surface area contributed by atoms with Gasteiger partial charge in [0.25, 0.3) is 0 Å². The molecule has 1 aliphatic heterocycles. The van der Waals surface area contributed by atoms with Gasteiger partial charge in [0.05, 0.1) is 25.2 Å². The summed E-state index contributed by atoms with van der Waals surface area (Å²) in [4.78, 5) is 12.5. The van der Waals surface area contributed by atoms with Crippen LogP contribution in [0.4, 0.5) is 0 Å². The van der Waals surface area contributed by atoms with Crippen molar-refractivity contribution in [2.24, 2.45) is 5.92 Å². The molecule has 0 aromatic heterocycles. The van der Waals surface area contributed by atoms with Crippen LogP contribution in [0.3, 0.4) is 0 Å². The first-order chi connectivity index (χ1) is 10.1. The van der Waals surface area contributed by atoms with Gasteiger partial charge in [0.15, 0.2) is 0 Å². The third-order valence-corrected chi connectivity index (χ3v) is 4.53. The van der Waals surface area contributed by atoms with Gasteiger partial charge in [-0.2, -0.15) is 0 Å². The Morgan fingerprint density at radius 1 is 1.43 bits per heavy atom. The number of hydrogen-bond donors (Lipinski definition) is 2. The van der Waals surface area contributed by atoms with Gasteiger partial charge < -0.3 is 15.4 Å². The molecular weight excluding hydrogens is 332 g/mol. The van der Waals surface area contributed by atoms with E-state index in [4.69, 9.17) is 4.74 Å². The molecule has 5 heteroatoms. The Balaban J connectivity index is 1.96. The third kappa shape index (κ3) is 4.28. The monoisotopic (exact) mass is 354 g/mol. The molecule has 0 bridgehead atoms. The van der Waals surface area contributed by atoms with E-state index in [0.717, 1.165) is 23.0 Å². The lowest BCUT2D eigenvalue weighted by Crippen LogP contribution is -2.44. The summed E-state index contributed by atoms with van der Waals surface area (Å²) in [6, 6.07) is 8.05. The van der Waals surface area contributed by atoms with Gasteiger partial charge in [-0.1, -0.05) is 41.1 Å². The molecule has 0 radical (unpaired) electrons. The fourth-order valence-corrected chi connectivity index (χ4v) is 3.20. The van der Waals surface area contributed by atoms with Gasteiger partial charge in [-0.3, -0.25) is 4.79 Å². The highest BCUT2D eigenvalue weighted by atomic mass is 79.9. The van der Waals surface area contributed by atoms with E-state index >= 15 is 0 Å². The molecule has 1 fully saturated rings. The lowest BCUT2D eigenvalue weighted by Gasteiger charge is -2.22. The predicted octanol–water partition coefficient (Wildman–Crippen LogP) is 2.64. The molecule has 2 rings (SSSR count). The summed E-state index contributed by atoms with van der Waals surface area (Å²) in [5, 5.41) is 6.49. The van der Waals surface area contributed by atoms with E-state index in [1.807, 2.05) is 31.2 Å². The Bertz CT molecular complexity index is 481. The first kappa shape index (κ1) is 16.5. The third-order valence-electron chi connectivity index (χ3n) is 3.80. The van der Waals surface area contributed by atoms with E-state index in [0.29, 0.717) is 13.2 Å². The SMILES string of the molecule is CCCNC1COCC1C(=O)N[C@@H](C)c1ccccc1Br. The largest absolute Gasteiger partial charge is 0.379 e. The van der Waals surface area contributed by atoms with Crippen LogP contribution in [0.5, 0.6) is 0 Å². The van der Waals surface area contributed by atoms with Crippen molar-refractivity contribution in [3.05, 3.63) is 34.3 Å². The molecule has 0 aliphatic carbocycles. The minimum absolute atomic E-state index is 0.0273. The first-order valence-corrected chi connectivity index (χ1v) is 8.28. The molecule has 1 heterocycles. The van der Waals surface area contributed by atoms with Crippen LogP contribution in [0, 0.1) is 5.92 Å². The van der Waals surface area contributed by atoms with Crippen LogP contribution in [-0.4, -0.2) is 31.7 Å². The quantitative estimate of drug-likeness (QED) is 0.825. The number of nitrogens with one attached hydrogen (secondary N) is 2. The van der Waals surface area contributed by atoms with Crippen LogP contribution in [0.15, 0.2) is 28.7 Å². The summed E-state index contributed by atoms with van der Waals surface area (Å²) in [6.07, 6.45) is 1.05. The molecule has 116 valence electrons. The molecular formula is C16H23BrN2O2. The topological polar surface area (TPSA) is 50.4 Å². The van der Waals surface area contributed by atoms with Gasteiger partial charge in [-0.15, -0.1) is 0 Å². The highest BCUT2D eigenvalue weighted by Crippen LogP contribution is 2.23. The molecule has 1 aromatic rings. The van der Waals surface area contributed by atoms with E-state index < -0.39 is 0 Å². The number of rotatable bonds is 6. The van der Waals surface area contributed by atoms with Gasteiger partial charge in [0.1, 0.15) is 0 Å². The van der Waals surface area contributed by atoms with Crippen molar-refractivity contribution < 1.29 is 9.53 Å². The molecule has 2 unspecified atom stereocenters. The molecule has 1 aliphatic rings. The average Bonchev–Trinajstić information content (AvgIpc) is 2.93. The highest BCUT2D eigenvalue weighted by Gasteiger charge is 2.34. The summed E-state index contributed by atoms with van der Waals surface area (Å²) >= 11 is 3.53. The minimum Gasteiger partial charge on any atom is -0.379 e. The fraction of sp³-hybridized carbons (Fsp3) is 0.562. The predicted molar refractivity (Wildman–Crippen MR) is 87.1 cm³/mol. The number of halogens is 1. The van der Waals surface area contributed by atoms with Gasteiger partial charge in [-0.05, 0) is 31.5 Å². The van der Waals surface area contributed by atoms with Crippen molar-refractivity contribution >= 4 is 21.8 Å². The second-order valence-electron chi connectivity index (χ2n) is 5.46. The Morgan fingerprint density at radius 3 is 2.90 bits per heavy atom. The van der Waals surface area contributed by atoms with Crippen molar-refractivity contribution in [2.75, 3.05) is 19.8 Å². The van der Waals surface area contributed by atoms with Crippen LogP contribution in [-0.2, 0) is 9.53 Å². The maximum atomic E-state index is 12.5. The van der Waals surface area contributed by atoms with E-state index in [9.17, 15) is 4.79 Å². The number of carbonyl (C=O) groups is 1. The van der Waals surface area contributed by atoms with Crippen molar-refractivity contribution in [1.82, 2.24) is 10.6 Å². The lowest BCUT2D eigenvalue weighted by atomic mass is 10.0. The van der Waals surface area contributed by atoms with Gasteiger partial charge >= 0.3 is 0 Å². The smallest absolute Gasteiger partial charge is 0.227 e. The van der Waals surface area contributed by atoms with Crippen molar-refractivity contribution in [1.29, 1.82) is 0 Å². The van der Waals surface area contributed by atoms with Gasteiger partial charge in [0, 0.05) is 10.5 Å². The zero-order chi connectivity index (χ0) is 15.2. The minimum atomic E-state index is -0.110. The maximum Gasteiger partial charge on any atom is 0.227 e. The highest BCUT2D eigenvalue weighted by molar-refractivity contribution is 9.10. The normalized spacial score (nSPS) is 23.0. The molecule has 0 saturated carbocycles. The van der Waals surface area contributed by atoms with Gasteiger partial charge in [0.2, 0.25) is 5.91 Å². The fourth-order valence-electron chi connectivity index (χ4n) is 2.57. The zero-order valence-corrected chi connectivity index (χ0v) is 14.2. The number of benzene rings is 1. The summed E-state index contributed by atoms with van der Waals surface area (Å²) in [5.74, 6) is -0.0501. The lowest BCUT2D eigenvalue weighted by molar-refractivity contribution is -0.126. The van der Waals surface area contributed by atoms with Crippen molar-refractivity contribution in [3.63, 3.8) is 0 Å². The van der Waals surface area contributed by atoms with Crippen LogP contribution in [0.25, 0.3) is 0 Å². The van der Waals surface area contributed by atoms with Gasteiger partial charge in [-0.25, -0.2) is 0 Å². The number of ether oxygens (including phenoxy) is 1. The second-order valence-corrected chi connectivity index (χ2v) is 6.31. The Hall–Kier alpha value is -0.910. The maximum absolute atomic E-state index is 12.5. The molecule has 3 atom stereocenters. The number of hydrogen-bond acceptors (Lipinski definition) is 3. The van der Waals surface area contributed by atoms with E-state index in [1.165, 1.54) is 0 Å². The molecule has 2 N–H and O–H groups in total. The molecule has 4 nitrogen and oxygen atoms in total. The summed E-state index contributed by atoms with van der Waals surface area (Å²) in [7, 11) is 0. The molecule has 1 saturated heterocycles. The summed E-state index contributed by atoms with van der Waals surface area (Å²) < 4.78 is 6.48. The molecule has 0 spiro atoms. The van der Waals surface area contributed by atoms with E-state index in [1.54, 1.807) is 0 Å². The second kappa shape index (κ2) is 7.92. The van der Waals surface area contributed by atoms with Crippen molar-refractivity contribution in [2.45, 2.75) is 32.4 Å². The summed E-state index contributed by atoms with van der Waals surface area (Å²) in [6.45, 7) is 6.14. The Morgan fingerprint density at radius 2 is 2.19 bits per heavy atom. The van der Waals surface area contributed by atoms with Crippen LogP contribution in [0.2, 0.25) is 0 Å². The first-order valence-electron chi connectivity index (χ1n) is 7.49. The number of carbonyl (C=O) groups excluding carboxylic acids is 1. The zero-order valence-electron chi connectivity index (χ0n) is 12.6. The molecule has 1 amide bonds. The average molecular weight is 355 g/mol. The molecule has 1 aromatic carbocycles.